The number of methoxy groups -OCH3 is 2. The van der Waals surface area contributed by atoms with Crippen LogP contribution in [0.4, 0.5) is 5.69 Å². The highest BCUT2D eigenvalue weighted by atomic mass is 16.5. The summed E-state index contributed by atoms with van der Waals surface area (Å²) in [6.45, 7) is 1.59. The molecule has 0 bridgehead atoms. The number of furan rings is 1. The van der Waals surface area contributed by atoms with Crippen molar-refractivity contribution >= 4 is 17.5 Å². The predicted molar refractivity (Wildman–Crippen MR) is 177 cm³/mol. The highest BCUT2D eigenvalue weighted by Gasteiger charge is 2.37. The number of hydrogen-bond donors (Lipinski definition) is 1. The van der Waals surface area contributed by atoms with Gasteiger partial charge in [0.05, 0.1) is 14.2 Å². The Labute approximate surface area is 275 Å². The molecule has 11 nitrogen and oxygen atoms in total. The first kappa shape index (κ1) is 32.3. The zero-order chi connectivity index (χ0) is 32.8. The summed E-state index contributed by atoms with van der Waals surface area (Å²) < 4.78 is 16.8. The topological polar surface area (TPSA) is 125 Å². The number of aryl methyl sites for hydroxylation is 1. The molecule has 2 aromatic heterocycles. The molecule has 2 fully saturated rings. The molecule has 0 aliphatic heterocycles. The number of benzene rings is 2. The molecule has 248 valence electrons. The van der Waals surface area contributed by atoms with E-state index >= 15 is 0 Å². The molecule has 4 aromatic rings. The van der Waals surface area contributed by atoms with Crippen molar-refractivity contribution < 1.29 is 23.5 Å². The molecule has 1 atom stereocenters. The molecular weight excluding hydrogens is 596 g/mol. The van der Waals surface area contributed by atoms with Gasteiger partial charge < -0.3 is 19.2 Å². The third-order valence-electron chi connectivity index (χ3n) is 9.38. The fraction of sp³-hybridized carbons (Fsp3) is 0.472. The zero-order valence-electron chi connectivity index (χ0n) is 27.5. The van der Waals surface area contributed by atoms with E-state index in [1.54, 1.807) is 38.5 Å². The van der Waals surface area contributed by atoms with E-state index in [0.717, 1.165) is 25.7 Å². The van der Waals surface area contributed by atoms with Crippen LogP contribution in [0, 0.1) is 6.92 Å². The van der Waals surface area contributed by atoms with Crippen LogP contribution in [0.2, 0.25) is 0 Å². The van der Waals surface area contributed by atoms with Crippen molar-refractivity contribution in [2.45, 2.75) is 95.7 Å². The SMILES string of the molecule is COc1ccc(-c2nnn(CC(=O)N(c3ccc(C4CCCCC4)cc3)[C@H](C(=O)NC3CCCCC3)c3ccc(C)o3)n2)cc1OC. The second-order valence-electron chi connectivity index (χ2n) is 12.6. The first-order chi connectivity index (χ1) is 22.9. The molecule has 0 radical (unpaired) electrons. The molecule has 2 aromatic carbocycles. The van der Waals surface area contributed by atoms with Crippen molar-refractivity contribution in [3.05, 3.63) is 71.7 Å². The number of carbonyl (C=O) groups is 2. The first-order valence-corrected chi connectivity index (χ1v) is 16.7. The Morgan fingerprint density at radius 3 is 2.28 bits per heavy atom. The quantitative estimate of drug-likeness (QED) is 0.196. The molecule has 47 heavy (non-hydrogen) atoms. The molecule has 0 spiro atoms. The van der Waals surface area contributed by atoms with Crippen molar-refractivity contribution in [1.29, 1.82) is 0 Å². The summed E-state index contributed by atoms with van der Waals surface area (Å²) in [4.78, 5) is 31.3. The predicted octanol–water partition coefficient (Wildman–Crippen LogP) is 6.53. The van der Waals surface area contributed by atoms with Crippen LogP contribution < -0.4 is 19.7 Å². The maximum absolute atomic E-state index is 14.4. The summed E-state index contributed by atoms with van der Waals surface area (Å²) in [6.07, 6.45) is 11.2. The van der Waals surface area contributed by atoms with E-state index in [0.29, 0.717) is 46.0 Å². The minimum atomic E-state index is -1.02. The number of ether oxygens (including phenoxy) is 2. The normalized spacial score (nSPS) is 16.4. The van der Waals surface area contributed by atoms with Crippen LogP contribution in [0.25, 0.3) is 11.4 Å². The molecule has 2 aliphatic carbocycles. The molecule has 2 aliphatic rings. The number of nitrogens with zero attached hydrogens (tertiary/aromatic N) is 5. The summed E-state index contributed by atoms with van der Waals surface area (Å²) in [5, 5.41) is 16.1. The van der Waals surface area contributed by atoms with Crippen LogP contribution in [0.1, 0.15) is 93.3 Å². The third kappa shape index (κ3) is 7.50. The minimum Gasteiger partial charge on any atom is -0.493 e. The van der Waals surface area contributed by atoms with E-state index in [9.17, 15) is 9.59 Å². The van der Waals surface area contributed by atoms with E-state index < -0.39 is 6.04 Å². The Hall–Kier alpha value is -4.67. The van der Waals surface area contributed by atoms with Crippen molar-refractivity contribution in [1.82, 2.24) is 25.5 Å². The lowest BCUT2D eigenvalue weighted by Crippen LogP contribution is -2.48. The summed E-state index contributed by atoms with van der Waals surface area (Å²) in [7, 11) is 3.13. The molecule has 0 saturated heterocycles. The Morgan fingerprint density at radius 1 is 0.915 bits per heavy atom. The molecule has 11 heteroatoms. The van der Waals surface area contributed by atoms with Gasteiger partial charge in [-0.2, -0.15) is 4.80 Å². The second kappa shape index (κ2) is 14.8. The van der Waals surface area contributed by atoms with Crippen LogP contribution in [-0.4, -0.2) is 52.3 Å². The minimum absolute atomic E-state index is 0.0569. The highest BCUT2D eigenvalue weighted by Crippen LogP contribution is 2.36. The van der Waals surface area contributed by atoms with Crippen LogP contribution in [-0.2, 0) is 16.1 Å². The van der Waals surface area contributed by atoms with Gasteiger partial charge in [0, 0.05) is 17.3 Å². The highest BCUT2D eigenvalue weighted by molar-refractivity contribution is 6.01. The fourth-order valence-corrected chi connectivity index (χ4v) is 6.88. The van der Waals surface area contributed by atoms with E-state index in [1.165, 1.54) is 53.8 Å². The van der Waals surface area contributed by atoms with Gasteiger partial charge in [0.15, 0.2) is 17.5 Å². The summed E-state index contributed by atoms with van der Waals surface area (Å²) >= 11 is 0. The van der Waals surface area contributed by atoms with Crippen LogP contribution >= 0.6 is 0 Å². The number of amides is 2. The van der Waals surface area contributed by atoms with Gasteiger partial charge in [-0.25, -0.2) is 0 Å². The molecule has 2 amide bonds. The van der Waals surface area contributed by atoms with Gasteiger partial charge in [0.25, 0.3) is 11.8 Å². The van der Waals surface area contributed by atoms with Gasteiger partial charge in [0.1, 0.15) is 18.1 Å². The Balaban J connectivity index is 1.33. The summed E-state index contributed by atoms with van der Waals surface area (Å²) in [5.74, 6) is 2.37. The first-order valence-electron chi connectivity index (χ1n) is 16.7. The van der Waals surface area contributed by atoms with Gasteiger partial charge in [-0.1, -0.05) is 50.7 Å². The second-order valence-corrected chi connectivity index (χ2v) is 12.6. The van der Waals surface area contributed by atoms with Gasteiger partial charge in [-0.05, 0) is 91.8 Å². The van der Waals surface area contributed by atoms with E-state index in [2.05, 4.69) is 32.9 Å². The lowest BCUT2D eigenvalue weighted by atomic mass is 9.84. The standard InChI is InChI=1S/C36H44N6O5/c1-24-14-20-31(47-24)34(36(44)37-28-12-8-5-9-13-28)42(29-18-15-26(16-19-29)25-10-6-4-7-11-25)33(43)23-41-39-35(38-40-41)27-17-21-30(45-2)32(22-27)46-3/h14-22,25,28,34H,4-13,23H2,1-3H3,(H,37,44)/t34-/m0/s1. The number of aromatic nitrogens is 4. The number of anilines is 1. The number of carbonyl (C=O) groups excluding carboxylic acids is 2. The van der Waals surface area contributed by atoms with Crippen molar-refractivity contribution in [3.63, 3.8) is 0 Å². The molecule has 0 unspecified atom stereocenters. The van der Waals surface area contributed by atoms with Crippen LogP contribution in [0.3, 0.4) is 0 Å². The van der Waals surface area contributed by atoms with Crippen LogP contribution in [0.5, 0.6) is 11.5 Å². The Morgan fingerprint density at radius 2 is 1.62 bits per heavy atom. The lowest BCUT2D eigenvalue weighted by molar-refractivity contribution is -0.128. The maximum atomic E-state index is 14.4. The van der Waals surface area contributed by atoms with Gasteiger partial charge in [-0.3, -0.25) is 14.5 Å². The van der Waals surface area contributed by atoms with Crippen LogP contribution in [0.15, 0.2) is 59.0 Å². The summed E-state index contributed by atoms with van der Waals surface area (Å²) in [6, 6.07) is 16.0. The van der Waals surface area contributed by atoms with Gasteiger partial charge in [0.2, 0.25) is 5.82 Å². The van der Waals surface area contributed by atoms with Gasteiger partial charge >= 0.3 is 0 Å². The lowest BCUT2D eigenvalue weighted by Gasteiger charge is -2.32. The molecule has 1 N–H and O–H groups in total. The van der Waals surface area contributed by atoms with Crippen molar-refractivity contribution in [2.24, 2.45) is 0 Å². The van der Waals surface area contributed by atoms with E-state index in [4.69, 9.17) is 13.9 Å². The zero-order valence-corrected chi connectivity index (χ0v) is 27.5. The Kier molecular flexibility index (Phi) is 10.2. The van der Waals surface area contributed by atoms with E-state index in [-0.39, 0.29) is 24.4 Å². The maximum Gasteiger partial charge on any atom is 0.251 e. The molecule has 2 saturated carbocycles. The molecular formula is C36H44N6O5. The smallest absolute Gasteiger partial charge is 0.251 e. The fourth-order valence-electron chi connectivity index (χ4n) is 6.88. The monoisotopic (exact) mass is 640 g/mol. The Bertz CT molecular complexity index is 1650. The average molecular weight is 641 g/mol. The molecule has 6 rings (SSSR count). The molecule has 2 heterocycles. The number of nitrogens with one attached hydrogen (secondary N) is 1. The average Bonchev–Trinajstić information content (AvgIpc) is 3.76. The third-order valence-corrected chi connectivity index (χ3v) is 9.38. The number of hydrogen-bond acceptors (Lipinski definition) is 8. The number of tetrazole rings is 1. The van der Waals surface area contributed by atoms with E-state index in [1.807, 2.05) is 25.1 Å². The number of rotatable bonds is 11. The van der Waals surface area contributed by atoms with Crippen molar-refractivity contribution in [2.75, 3.05) is 19.1 Å². The largest absolute Gasteiger partial charge is 0.493 e. The van der Waals surface area contributed by atoms with Crippen molar-refractivity contribution in [3.8, 4) is 22.9 Å². The van der Waals surface area contributed by atoms with Gasteiger partial charge in [-0.15, -0.1) is 10.2 Å². The summed E-state index contributed by atoms with van der Waals surface area (Å²) in [5.41, 5.74) is 2.52.